The number of ether oxygens (including phenoxy) is 3. The molecule has 0 aromatic heterocycles. The number of rotatable bonds is 55. The number of carbonyl (C=O) groups excluding carboxylic acids is 3. The first-order valence-corrected chi connectivity index (χ1v) is 31.8. The molecule has 0 spiro atoms. The van der Waals surface area contributed by atoms with E-state index < -0.39 is 6.10 Å². The number of hydrogen-bond donors (Lipinski definition) is 0. The van der Waals surface area contributed by atoms with Crippen molar-refractivity contribution < 1.29 is 28.6 Å². The molecular weight excluding hydrogens is 985 g/mol. The molecule has 0 N–H and O–H groups in total. The van der Waals surface area contributed by atoms with Crippen molar-refractivity contribution in [2.75, 3.05) is 13.2 Å². The van der Waals surface area contributed by atoms with E-state index in [-0.39, 0.29) is 44.0 Å². The van der Waals surface area contributed by atoms with Crippen molar-refractivity contribution in [3.05, 3.63) is 182 Å². The molecule has 0 amide bonds. The zero-order chi connectivity index (χ0) is 57.8. The van der Waals surface area contributed by atoms with E-state index >= 15 is 0 Å². The molecule has 0 radical (unpaired) electrons. The van der Waals surface area contributed by atoms with E-state index in [1.165, 1.54) is 19.3 Å². The van der Waals surface area contributed by atoms with Crippen molar-refractivity contribution >= 4 is 17.9 Å². The van der Waals surface area contributed by atoms with Crippen LogP contribution in [-0.2, 0) is 28.6 Å². The normalized spacial score (nSPS) is 13.4. The third-order valence-electron chi connectivity index (χ3n) is 12.6. The maximum Gasteiger partial charge on any atom is 0.306 e. The van der Waals surface area contributed by atoms with Gasteiger partial charge < -0.3 is 14.2 Å². The van der Waals surface area contributed by atoms with E-state index in [9.17, 15) is 14.4 Å². The van der Waals surface area contributed by atoms with Gasteiger partial charge in [-0.2, -0.15) is 0 Å². The van der Waals surface area contributed by atoms with Crippen molar-refractivity contribution in [2.45, 2.75) is 252 Å². The van der Waals surface area contributed by atoms with Crippen molar-refractivity contribution in [3.63, 3.8) is 0 Å². The molecule has 0 aromatic rings. The van der Waals surface area contributed by atoms with Crippen LogP contribution in [0.3, 0.4) is 0 Å². The highest BCUT2D eigenvalue weighted by Crippen LogP contribution is 2.13. The average Bonchev–Trinajstić information content (AvgIpc) is 3.46. The smallest absolute Gasteiger partial charge is 0.306 e. The number of carbonyl (C=O) groups is 3. The van der Waals surface area contributed by atoms with Crippen LogP contribution in [0.5, 0.6) is 0 Å². The average molecular weight is 1100 g/mol. The Morgan fingerprint density at radius 3 is 0.787 bits per heavy atom. The lowest BCUT2D eigenvalue weighted by molar-refractivity contribution is -0.167. The monoisotopic (exact) mass is 1100 g/mol. The summed E-state index contributed by atoms with van der Waals surface area (Å²) < 4.78 is 16.8. The molecule has 0 aliphatic carbocycles. The van der Waals surface area contributed by atoms with Gasteiger partial charge in [-0.3, -0.25) is 14.4 Å². The maximum atomic E-state index is 12.9. The third-order valence-corrected chi connectivity index (χ3v) is 12.6. The largest absolute Gasteiger partial charge is 0.462 e. The number of esters is 3. The van der Waals surface area contributed by atoms with Gasteiger partial charge in [0.05, 0.1) is 0 Å². The van der Waals surface area contributed by atoms with Crippen LogP contribution in [-0.4, -0.2) is 37.2 Å². The van der Waals surface area contributed by atoms with Gasteiger partial charge in [0.2, 0.25) is 0 Å². The maximum absolute atomic E-state index is 12.9. The molecule has 0 saturated carbocycles. The minimum Gasteiger partial charge on any atom is -0.462 e. The second-order valence-electron chi connectivity index (χ2n) is 20.2. The molecular formula is C74H114O6. The van der Waals surface area contributed by atoms with Crippen LogP contribution in [0.25, 0.3) is 0 Å². The van der Waals surface area contributed by atoms with Crippen molar-refractivity contribution in [3.8, 4) is 0 Å². The second kappa shape index (κ2) is 66.0. The zero-order valence-electron chi connectivity index (χ0n) is 51.0. The van der Waals surface area contributed by atoms with Gasteiger partial charge in [0, 0.05) is 19.3 Å². The minimum atomic E-state index is -0.822. The van der Waals surface area contributed by atoms with E-state index in [1.807, 2.05) is 0 Å². The summed E-state index contributed by atoms with van der Waals surface area (Å²) in [4.78, 5) is 38.2. The van der Waals surface area contributed by atoms with Gasteiger partial charge in [-0.1, -0.05) is 254 Å². The molecule has 0 fully saturated rings. The summed E-state index contributed by atoms with van der Waals surface area (Å²) in [6.45, 7) is 6.29. The fourth-order valence-corrected chi connectivity index (χ4v) is 7.91. The summed E-state index contributed by atoms with van der Waals surface area (Å²) >= 11 is 0. The molecule has 0 rings (SSSR count). The molecule has 0 aliphatic heterocycles. The Hall–Kier alpha value is -5.49. The van der Waals surface area contributed by atoms with Gasteiger partial charge in [0.1, 0.15) is 13.2 Å². The molecule has 1 atom stereocenters. The Kier molecular flexibility index (Phi) is 61.5. The van der Waals surface area contributed by atoms with Crippen LogP contribution in [0.2, 0.25) is 0 Å². The Morgan fingerprint density at radius 2 is 0.487 bits per heavy atom. The van der Waals surface area contributed by atoms with Crippen LogP contribution in [0, 0.1) is 0 Å². The van der Waals surface area contributed by atoms with E-state index in [1.54, 1.807) is 0 Å². The summed E-state index contributed by atoms with van der Waals surface area (Å²) in [6.07, 6.45) is 99.0. The van der Waals surface area contributed by atoms with Gasteiger partial charge in [-0.25, -0.2) is 0 Å². The quantitative estimate of drug-likeness (QED) is 0.0261. The fourth-order valence-electron chi connectivity index (χ4n) is 7.91. The summed E-state index contributed by atoms with van der Waals surface area (Å²) in [5.74, 6) is -0.999. The molecule has 0 heterocycles. The molecule has 0 saturated heterocycles. The lowest BCUT2D eigenvalue weighted by Crippen LogP contribution is -2.30. The van der Waals surface area contributed by atoms with Gasteiger partial charge in [0.15, 0.2) is 6.10 Å². The lowest BCUT2D eigenvalue weighted by atomic mass is 10.1. The van der Waals surface area contributed by atoms with E-state index in [0.29, 0.717) is 12.8 Å². The third kappa shape index (κ3) is 63.3. The highest BCUT2D eigenvalue weighted by molar-refractivity contribution is 5.71. The topological polar surface area (TPSA) is 78.9 Å². The Labute approximate surface area is 491 Å². The highest BCUT2D eigenvalue weighted by Gasteiger charge is 2.19. The van der Waals surface area contributed by atoms with Crippen LogP contribution in [0.4, 0.5) is 0 Å². The Bertz CT molecular complexity index is 1890. The molecule has 446 valence electrons. The van der Waals surface area contributed by atoms with Crippen LogP contribution < -0.4 is 0 Å². The van der Waals surface area contributed by atoms with E-state index in [0.717, 1.165) is 180 Å². The lowest BCUT2D eigenvalue weighted by Gasteiger charge is -2.18. The van der Waals surface area contributed by atoms with E-state index in [2.05, 4.69) is 203 Å². The van der Waals surface area contributed by atoms with Gasteiger partial charge >= 0.3 is 17.9 Å². The van der Waals surface area contributed by atoms with E-state index in [4.69, 9.17) is 14.2 Å². The van der Waals surface area contributed by atoms with Crippen LogP contribution in [0.1, 0.15) is 245 Å². The molecule has 0 bridgehead atoms. The van der Waals surface area contributed by atoms with Crippen LogP contribution in [0.15, 0.2) is 182 Å². The van der Waals surface area contributed by atoms with Gasteiger partial charge in [-0.05, 0) is 154 Å². The minimum absolute atomic E-state index is 0.115. The number of unbranched alkanes of at least 4 members (excludes halogenated alkanes) is 14. The molecule has 1 unspecified atom stereocenters. The molecule has 6 nitrogen and oxygen atoms in total. The Balaban J connectivity index is 4.43. The summed E-state index contributed by atoms with van der Waals surface area (Å²) in [5.41, 5.74) is 0. The first-order valence-electron chi connectivity index (χ1n) is 31.8. The predicted molar refractivity (Wildman–Crippen MR) is 348 cm³/mol. The van der Waals surface area contributed by atoms with Gasteiger partial charge in [0.25, 0.3) is 0 Å². The van der Waals surface area contributed by atoms with Gasteiger partial charge in [-0.15, -0.1) is 0 Å². The summed E-state index contributed by atoms with van der Waals surface area (Å²) in [5, 5.41) is 0. The number of hydrogen-bond acceptors (Lipinski definition) is 6. The number of allylic oxidation sites excluding steroid dienone is 30. The molecule has 80 heavy (non-hydrogen) atoms. The molecule has 0 aromatic carbocycles. The first-order chi connectivity index (χ1) is 39.5. The zero-order valence-corrected chi connectivity index (χ0v) is 51.0. The SMILES string of the molecule is CC/C=C\C/C=C\C/C=C\C/C=C\C/C=C\C/C=C\C/C=C\C/C=C\C/C=C\C/C=C\CCCCC(=O)OCC(COC(=O)CCCCCCC/C=C\C/C=C\CCCC)OC(=O)CCCCCCC/C=C\C/C=C\C/C=C\CC. The second-order valence-corrected chi connectivity index (χ2v) is 20.2. The van der Waals surface area contributed by atoms with Crippen molar-refractivity contribution in [1.82, 2.24) is 0 Å². The molecule has 0 aliphatic rings. The van der Waals surface area contributed by atoms with Crippen molar-refractivity contribution in [1.29, 1.82) is 0 Å². The van der Waals surface area contributed by atoms with Crippen molar-refractivity contribution in [2.24, 2.45) is 0 Å². The standard InChI is InChI=1S/C74H114O6/c1-4-7-10-13-16-19-22-25-28-29-30-31-32-33-34-35-36-37-38-39-40-41-42-43-44-45-47-49-52-55-58-61-64-67-73(76)79-70-71(69-78-72(75)66-63-60-57-54-51-48-27-24-21-18-15-12-9-6-3)80-74(77)68-65-62-59-56-53-50-46-26-23-20-17-14-11-8-5-2/h7-8,10-11,15-20,24-28,30-31,33-34,36-37,39-40,42-43,45-47,52,55,71H,4-6,9,12-14,21-23,29,32,35,38,41,44,48-51,53-54,56-70H2,1-3H3/b10-7-,11-8-,18-15-,19-16-,20-17-,27-24-,28-25-,31-30-,34-33-,37-36-,40-39-,43-42-,46-26-,47-45-,55-52-. The summed E-state index contributed by atoms with van der Waals surface area (Å²) in [7, 11) is 0. The molecule has 6 heteroatoms. The highest BCUT2D eigenvalue weighted by atomic mass is 16.6. The summed E-state index contributed by atoms with van der Waals surface area (Å²) in [6, 6.07) is 0. The first kappa shape index (κ1) is 74.5. The fraction of sp³-hybridized carbons (Fsp3) is 0.554. The Morgan fingerprint density at radius 1 is 0.263 bits per heavy atom. The predicted octanol–water partition coefficient (Wildman–Crippen LogP) is 22.0. The van der Waals surface area contributed by atoms with Crippen LogP contribution >= 0.6 is 0 Å².